The van der Waals surface area contributed by atoms with E-state index in [1.807, 2.05) is 30.5 Å². The molecule has 0 bridgehead atoms. The second kappa shape index (κ2) is 4.67. The Morgan fingerprint density at radius 2 is 2.25 bits per heavy atom. The molecule has 5 N–H and O–H groups in total. The fourth-order valence-corrected chi connectivity index (χ4v) is 1.49. The van der Waals surface area contributed by atoms with Crippen LogP contribution in [0.3, 0.4) is 0 Å². The molecule has 5 heteroatoms. The van der Waals surface area contributed by atoms with E-state index in [1.165, 1.54) is 0 Å². The van der Waals surface area contributed by atoms with Gasteiger partial charge in [-0.3, -0.25) is 0 Å². The summed E-state index contributed by atoms with van der Waals surface area (Å²) in [4.78, 5) is 14.4. The summed E-state index contributed by atoms with van der Waals surface area (Å²) in [5.74, 6) is 0. The molecular formula is C11H14N4O. The van der Waals surface area contributed by atoms with Crippen molar-refractivity contribution in [1.29, 1.82) is 0 Å². The number of anilines is 1. The lowest BCUT2D eigenvalue weighted by atomic mass is 10.2. The summed E-state index contributed by atoms with van der Waals surface area (Å²) < 4.78 is 0. The first-order chi connectivity index (χ1) is 7.79. The number of rotatable bonds is 3. The molecule has 2 amide bonds. The Morgan fingerprint density at radius 3 is 3.06 bits per heavy atom. The topological polar surface area (TPSA) is 82.9 Å². The molecule has 0 spiro atoms. The zero-order valence-corrected chi connectivity index (χ0v) is 8.79. The predicted molar refractivity (Wildman–Crippen MR) is 64.4 cm³/mol. The third kappa shape index (κ3) is 2.32. The number of H-pyrrole nitrogens is 1. The van der Waals surface area contributed by atoms with Gasteiger partial charge in [0, 0.05) is 35.9 Å². The van der Waals surface area contributed by atoms with E-state index < -0.39 is 0 Å². The van der Waals surface area contributed by atoms with Gasteiger partial charge < -0.3 is 21.4 Å². The minimum absolute atomic E-state index is 0.236. The van der Waals surface area contributed by atoms with Gasteiger partial charge in [0.15, 0.2) is 0 Å². The van der Waals surface area contributed by atoms with Crippen molar-refractivity contribution in [2.24, 2.45) is 5.73 Å². The second-order valence-corrected chi connectivity index (χ2v) is 3.45. The monoisotopic (exact) mass is 218 g/mol. The highest BCUT2D eigenvalue weighted by Gasteiger charge is 2.01. The molecule has 1 aromatic heterocycles. The molecule has 1 heterocycles. The lowest BCUT2D eigenvalue weighted by Gasteiger charge is -2.06. The van der Waals surface area contributed by atoms with Crippen LogP contribution < -0.4 is 16.4 Å². The van der Waals surface area contributed by atoms with Crippen LogP contribution in [0, 0.1) is 0 Å². The largest absolute Gasteiger partial charge is 0.361 e. The number of fused-ring (bicyclic) bond motifs is 1. The fraction of sp³-hybridized carbons (Fsp3) is 0.182. The molecule has 0 aliphatic heterocycles. The molecule has 0 aliphatic carbocycles. The molecule has 0 unspecified atom stereocenters. The zero-order chi connectivity index (χ0) is 11.4. The molecule has 0 fully saturated rings. The van der Waals surface area contributed by atoms with Crippen LogP contribution in [-0.2, 0) is 0 Å². The van der Waals surface area contributed by atoms with E-state index >= 15 is 0 Å². The van der Waals surface area contributed by atoms with Gasteiger partial charge in [-0.1, -0.05) is 0 Å². The highest BCUT2D eigenvalue weighted by atomic mass is 16.2. The van der Waals surface area contributed by atoms with Crippen molar-refractivity contribution in [3.8, 4) is 0 Å². The quantitative estimate of drug-likeness (QED) is 0.625. The van der Waals surface area contributed by atoms with Crippen LogP contribution in [0.1, 0.15) is 0 Å². The number of hydrogen-bond donors (Lipinski definition) is 4. The van der Waals surface area contributed by atoms with Gasteiger partial charge in [0.05, 0.1) is 0 Å². The Kier molecular flexibility index (Phi) is 3.07. The van der Waals surface area contributed by atoms with Gasteiger partial charge >= 0.3 is 6.03 Å². The maximum absolute atomic E-state index is 11.4. The van der Waals surface area contributed by atoms with E-state index in [4.69, 9.17) is 5.73 Å². The van der Waals surface area contributed by atoms with Crippen molar-refractivity contribution >= 4 is 22.6 Å². The number of carbonyl (C=O) groups excluding carboxylic acids is 1. The van der Waals surface area contributed by atoms with E-state index in [9.17, 15) is 4.79 Å². The summed E-state index contributed by atoms with van der Waals surface area (Å²) in [6, 6.07) is 7.40. The van der Waals surface area contributed by atoms with E-state index in [2.05, 4.69) is 15.6 Å². The van der Waals surface area contributed by atoms with Gasteiger partial charge in [-0.15, -0.1) is 0 Å². The number of amides is 2. The Hall–Kier alpha value is -2.01. The first kappa shape index (κ1) is 10.5. The number of carbonyl (C=O) groups is 1. The van der Waals surface area contributed by atoms with Crippen LogP contribution in [-0.4, -0.2) is 24.1 Å². The first-order valence-electron chi connectivity index (χ1n) is 5.11. The van der Waals surface area contributed by atoms with Gasteiger partial charge in [-0.25, -0.2) is 4.79 Å². The standard InChI is InChI=1S/C11H14N4O/c12-4-6-14-11(16)15-9-1-2-10-8(7-9)3-5-13-10/h1-3,5,7,13H,4,6,12H2,(H2,14,15,16). The number of nitrogens with two attached hydrogens (primary N) is 1. The third-order valence-corrected chi connectivity index (χ3v) is 2.24. The summed E-state index contributed by atoms with van der Waals surface area (Å²) in [5.41, 5.74) is 7.10. The summed E-state index contributed by atoms with van der Waals surface area (Å²) in [7, 11) is 0. The van der Waals surface area contributed by atoms with Crippen LogP contribution in [0.15, 0.2) is 30.5 Å². The molecule has 1 aromatic carbocycles. The highest BCUT2D eigenvalue weighted by molar-refractivity contribution is 5.92. The van der Waals surface area contributed by atoms with Crippen molar-refractivity contribution in [2.45, 2.75) is 0 Å². The summed E-state index contributed by atoms with van der Waals surface area (Å²) in [6.45, 7) is 0.905. The van der Waals surface area contributed by atoms with Crippen molar-refractivity contribution in [3.05, 3.63) is 30.5 Å². The van der Waals surface area contributed by atoms with E-state index in [0.29, 0.717) is 13.1 Å². The van der Waals surface area contributed by atoms with Crippen LogP contribution in [0.4, 0.5) is 10.5 Å². The van der Waals surface area contributed by atoms with Gasteiger partial charge in [-0.2, -0.15) is 0 Å². The maximum atomic E-state index is 11.4. The van der Waals surface area contributed by atoms with Gasteiger partial charge in [0.2, 0.25) is 0 Å². The van der Waals surface area contributed by atoms with Gasteiger partial charge in [-0.05, 0) is 24.3 Å². The Labute approximate surface area is 93.0 Å². The van der Waals surface area contributed by atoms with Crippen molar-refractivity contribution in [1.82, 2.24) is 10.3 Å². The van der Waals surface area contributed by atoms with Crippen molar-refractivity contribution in [3.63, 3.8) is 0 Å². The minimum Gasteiger partial charge on any atom is -0.361 e. The lowest BCUT2D eigenvalue weighted by molar-refractivity contribution is 0.252. The molecule has 2 rings (SSSR count). The first-order valence-corrected chi connectivity index (χ1v) is 5.11. The van der Waals surface area contributed by atoms with E-state index in [1.54, 1.807) is 0 Å². The summed E-state index contributed by atoms with van der Waals surface area (Å²) in [6.07, 6.45) is 1.86. The molecule has 16 heavy (non-hydrogen) atoms. The number of aromatic nitrogens is 1. The number of hydrogen-bond acceptors (Lipinski definition) is 2. The molecule has 0 saturated carbocycles. The Morgan fingerprint density at radius 1 is 1.38 bits per heavy atom. The van der Waals surface area contributed by atoms with E-state index in [-0.39, 0.29) is 6.03 Å². The third-order valence-electron chi connectivity index (χ3n) is 2.24. The minimum atomic E-state index is -0.236. The second-order valence-electron chi connectivity index (χ2n) is 3.45. The molecule has 0 saturated heterocycles. The predicted octanol–water partition coefficient (Wildman–Crippen LogP) is 1.25. The van der Waals surface area contributed by atoms with Crippen molar-refractivity contribution in [2.75, 3.05) is 18.4 Å². The fourth-order valence-electron chi connectivity index (χ4n) is 1.49. The normalized spacial score (nSPS) is 10.3. The molecule has 2 aromatic rings. The number of aromatic amines is 1. The van der Waals surface area contributed by atoms with Crippen LogP contribution >= 0.6 is 0 Å². The summed E-state index contributed by atoms with van der Waals surface area (Å²) >= 11 is 0. The van der Waals surface area contributed by atoms with Crippen LogP contribution in [0.25, 0.3) is 10.9 Å². The molecule has 0 atom stereocenters. The zero-order valence-electron chi connectivity index (χ0n) is 8.79. The molecule has 0 radical (unpaired) electrons. The van der Waals surface area contributed by atoms with Gasteiger partial charge in [0.1, 0.15) is 0 Å². The Bertz CT molecular complexity index is 491. The van der Waals surface area contributed by atoms with Crippen LogP contribution in [0.5, 0.6) is 0 Å². The SMILES string of the molecule is NCCNC(=O)Nc1ccc2[nH]ccc2c1. The van der Waals surface area contributed by atoms with Crippen LogP contribution in [0.2, 0.25) is 0 Å². The lowest BCUT2D eigenvalue weighted by Crippen LogP contribution is -2.32. The summed E-state index contributed by atoms with van der Waals surface area (Å²) in [5, 5.41) is 6.45. The number of urea groups is 1. The average molecular weight is 218 g/mol. The molecule has 5 nitrogen and oxygen atoms in total. The average Bonchev–Trinajstić information content (AvgIpc) is 2.73. The van der Waals surface area contributed by atoms with Crippen molar-refractivity contribution < 1.29 is 4.79 Å². The Balaban J connectivity index is 2.06. The molecular weight excluding hydrogens is 204 g/mol. The molecule has 84 valence electrons. The van der Waals surface area contributed by atoms with Gasteiger partial charge in [0.25, 0.3) is 0 Å². The van der Waals surface area contributed by atoms with E-state index in [0.717, 1.165) is 16.6 Å². The smallest absolute Gasteiger partial charge is 0.319 e. The number of nitrogens with one attached hydrogen (secondary N) is 3. The maximum Gasteiger partial charge on any atom is 0.319 e. The molecule has 0 aliphatic rings. The highest BCUT2D eigenvalue weighted by Crippen LogP contribution is 2.17. The number of benzene rings is 1.